The molecule has 0 unspecified atom stereocenters. The summed E-state index contributed by atoms with van der Waals surface area (Å²) in [6.45, 7) is 14.6. The van der Waals surface area contributed by atoms with Gasteiger partial charge in [-0.1, -0.05) is 33.8 Å². The molecule has 2 aromatic rings. The fraction of sp³-hybridized carbons (Fsp3) is 0.583. The van der Waals surface area contributed by atoms with E-state index in [9.17, 15) is 4.79 Å². The zero-order valence-electron chi connectivity index (χ0n) is 20.8. The second-order valence-corrected chi connectivity index (χ2v) is 10.1. The number of likely N-dealkylation sites (N-methyl/N-ethyl adjacent to an activating group) is 1. The van der Waals surface area contributed by atoms with Crippen LogP contribution in [0.5, 0.6) is 0 Å². The van der Waals surface area contributed by atoms with E-state index in [2.05, 4.69) is 53.2 Å². The Kier molecular flexibility index (Phi) is 7.73. The summed E-state index contributed by atoms with van der Waals surface area (Å²) in [5, 5.41) is 6.81. The van der Waals surface area contributed by atoms with Crippen LogP contribution in [0.1, 0.15) is 56.5 Å². The minimum Gasteiger partial charge on any atom is -0.366 e. The molecule has 0 bridgehead atoms. The summed E-state index contributed by atoms with van der Waals surface area (Å²) in [4.78, 5) is 30.2. The Morgan fingerprint density at radius 2 is 1.97 bits per heavy atom. The molecule has 33 heavy (non-hydrogen) atoms. The molecule has 1 atom stereocenters. The van der Waals surface area contributed by atoms with Gasteiger partial charge in [-0.25, -0.2) is 0 Å². The van der Waals surface area contributed by atoms with Crippen molar-refractivity contribution >= 4 is 29.4 Å². The molecule has 2 heterocycles. The summed E-state index contributed by atoms with van der Waals surface area (Å²) < 4.78 is 0. The zero-order chi connectivity index (χ0) is 24.2. The van der Waals surface area contributed by atoms with Gasteiger partial charge in [0.2, 0.25) is 23.8 Å². The van der Waals surface area contributed by atoms with Crippen molar-refractivity contribution in [2.24, 2.45) is 11.1 Å². The molecule has 1 aliphatic heterocycles. The first-order valence-electron chi connectivity index (χ1n) is 11.7. The van der Waals surface area contributed by atoms with Crippen molar-refractivity contribution in [3.63, 3.8) is 0 Å². The topological polar surface area (TPSA) is 112 Å². The molecule has 1 amide bonds. The molecule has 0 saturated carbocycles. The van der Waals surface area contributed by atoms with Crippen molar-refractivity contribution in [3.8, 4) is 0 Å². The van der Waals surface area contributed by atoms with E-state index in [-0.39, 0.29) is 11.5 Å². The van der Waals surface area contributed by atoms with Gasteiger partial charge in [0.15, 0.2) is 0 Å². The largest absolute Gasteiger partial charge is 0.366 e. The lowest BCUT2D eigenvalue weighted by molar-refractivity contribution is 0.100. The number of anilines is 4. The van der Waals surface area contributed by atoms with E-state index in [1.165, 1.54) is 0 Å². The van der Waals surface area contributed by atoms with Crippen molar-refractivity contribution in [1.82, 2.24) is 19.9 Å². The fourth-order valence-corrected chi connectivity index (χ4v) is 4.11. The number of nitrogens with zero attached hydrogens (tertiary/aromatic N) is 5. The molecule has 3 rings (SSSR count). The molecule has 9 nitrogen and oxygen atoms in total. The van der Waals surface area contributed by atoms with Crippen LogP contribution in [0.25, 0.3) is 0 Å². The van der Waals surface area contributed by atoms with Crippen molar-refractivity contribution in [2.75, 3.05) is 48.8 Å². The number of amides is 1. The number of nitrogens with two attached hydrogens (primary N) is 1. The van der Waals surface area contributed by atoms with Gasteiger partial charge in [-0.3, -0.25) is 4.79 Å². The second-order valence-electron chi connectivity index (χ2n) is 10.1. The number of hydrogen-bond acceptors (Lipinski definition) is 8. The number of hydrogen-bond donors (Lipinski definition) is 3. The molecule has 1 aromatic carbocycles. The summed E-state index contributed by atoms with van der Waals surface area (Å²) in [5.74, 6) is 1.10. The quantitative estimate of drug-likeness (QED) is 0.556. The van der Waals surface area contributed by atoms with Gasteiger partial charge < -0.3 is 26.2 Å². The average Bonchev–Trinajstić information content (AvgIpc) is 2.74. The van der Waals surface area contributed by atoms with Gasteiger partial charge in [-0.05, 0) is 56.0 Å². The summed E-state index contributed by atoms with van der Waals surface area (Å²) in [6.07, 6.45) is 2.23. The van der Waals surface area contributed by atoms with Crippen molar-refractivity contribution in [3.05, 3.63) is 29.3 Å². The molecular weight excluding hydrogens is 416 g/mol. The van der Waals surface area contributed by atoms with Crippen LogP contribution in [0, 0.1) is 12.3 Å². The number of carbonyl (C=O) groups is 1. The summed E-state index contributed by atoms with van der Waals surface area (Å²) in [7, 11) is 1.99. The fourth-order valence-electron chi connectivity index (χ4n) is 4.11. The molecule has 0 aliphatic carbocycles. The third-order valence-electron chi connectivity index (χ3n) is 5.73. The first-order valence-corrected chi connectivity index (χ1v) is 11.7. The molecule has 4 N–H and O–H groups in total. The molecule has 180 valence electrons. The van der Waals surface area contributed by atoms with Gasteiger partial charge in [0.05, 0.1) is 0 Å². The van der Waals surface area contributed by atoms with Crippen LogP contribution in [0.15, 0.2) is 18.2 Å². The number of carbonyl (C=O) groups excluding carboxylic acids is 1. The Labute approximate surface area is 197 Å². The highest BCUT2D eigenvalue weighted by Gasteiger charge is 2.22. The molecule has 1 fully saturated rings. The minimum atomic E-state index is -0.473. The van der Waals surface area contributed by atoms with Crippen molar-refractivity contribution in [1.29, 1.82) is 0 Å². The Hall–Kier alpha value is -2.94. The first-order chi connectivity index (χ1) is 15.5. The van der Waals surface area contributed by atoms with E-state index in [1.54, 1.807) is 12.1 Å². The maximum Gasteiger partial charge on any atom is 0.248 e. The number of nitrogens with one attached hydrogen (secondary N) is 2. The SMILES string of the molecule is CCN1CCC[C@@H](Nc2nc(Nc3cc(C(N)=O)ccc3C)nc(N(C)CC(C)(C)C)n2)C1. The number of rotatable bonds is 8. The van der Waals surface area contributed by atoms with Crippen LogP contribution < -0.4 is 21.3 Å². The van der Waals surface area contributed by atoms with Gasteiger partial charge >= 0.3 is 0 Å². The predicted molar refractivity (Wildman–Crippen MR) is 134 cm³/mol. The highest BCUT2D eigenvalue weighted by atomic mass is 16.1. The van der Waals surface area contributed by atoms with E-state index in [4.69, 9.17) is 10.7 Å². The highest BCUT2D eigenvalue weighted by molar-refractivity contribution is 5.94. The van der Waals surface area contributed by atoms with E-state index in [0.29, 0.717) is 23.4 Å². The van der Waals surface area contributed by atoms with Crippen molar-refractivity contribution in [2.45, 2.75) is 53.5 Å². The monoisotopic (exact) mass is 454 g/mol. The molecule has 1 saturated heterocycles. The zero-order valence-corrected chi connectivity index (χ0v) is 20.8. The molecule has 1 aliphatic rings. The van der Waals surface area contributed by atoms with Gasteiger partial charge in [-0.2, -0.15) is 15.0 Å². The van der Waals surface area contributed by atoms with Gasteiger partial charge in [0.25, 0.3) is 0 Å². The average molecular weight is 455 g/mol. The third kappa shape index (κ3) is 7.02. The van der Waals surface area contributed by atoms with E-state index < -0.39 is 5.91 Å². The molecular formula is C24H38N8O. The number of likely N-dealkylation sites (tertiary alicyclic amines) is 1. The van der Waals surface area contributed by atoms with Crippen LogP contribution in [0.4, 0.5) is 23.5 Å². The van der Waals surface area contributed by atoms with Crippen LogP contribution in [0.2, 0.25) is 0 Å². The highest BCUT2D eigenvalue weighted by Crippen LogP contribution is 2.24. The van der Waals surface area contributed by atoms with Crippen molar-refractivity contribution < 1.29 is 4.79 Å². The maximum atomic E-state index is 11.7. The Morgan fingerprint density at radius 1 is 1.24 bits per heavy atom. The van der Waals surface area contributed by atoms with Crippen LogP contribution >= 0.6 is 0 Å². The van der Waals surface area contributed by atoms with E-state index in [0.717, 1.165) is 50.3 Å². The standard InChI is InChI=1S/C24H38N8O/c1-7-32-12-8-9-18(14-32)26-21-28-22(30-23(29-21)31(6)15-24(3,4)5)27-19-13-17(20(25)33)11-10-16(19)2/h10-11,13,18H,7-9,12,14-15H2,1-6H3,(H2,25,33)(H2,26,27,28,29,30)/t18-/m1/s1. The van der Waals surface area contributed by atoms with Gasteiger partial charge in [0, 0.05) is 37.4 Å². The molecule has 0 radical (unpaired) electrons. The van der Waals surface area contributed by atoms with Crippen LogP contribution in [-0.2, 0) is 0 Å². The minimum absolute atomic E-state index is 0.0833. The summed E-state index contributed by atoms with van der Waals surface area (Å²) in [6, 6.07) is 5.59. The second kappa shape index (κ2) is 10.3. The van der Waals surface area contributed by atoms with Gasteiger partial charge in [0.1, 0.15) is 0 Å². The molecule has 1 aromatic heterocycles. The van der Waals surface area contributed by atoms with Gasteiger partial charge in [-0.15, -0.1) is 0 Å². The molecule has 9 heteroatoms. The number of piperidine rings is 1. The number of benzene rings is 1. The van der Waals surface area contributed by atoms with Crippen LogP contribution in [-0.4, -0.2) is 65.0 Å². The summed E-state index contributed by atoms with van der Waals surface area (Å²) in [5.41, 5.74) is 7.69. The Balaban J connectivity index is 1.91. The normalized spacial score (nSPS) is 17.0. The molecule has 0 spiro atoms. The smallest absolute Gasteiger partial charge is 0.248 e. The van der Waals surface area contributed by atoms with E-state index >= 15 is 0 Å². The number of aryl methyl sites for hydroxylation is 1. The lowest BCUT2D eigenvalue weighted by atomic mass is 9.96. The first kappa shape index (κ1) is 24.7. The third-order valence-corrected chi connectivity index (χ3v) is 5.73. The number of primary amides is 1. The van der Waals surface area contributed by atoms with E-state index in [1.807, 2.05) is 24.9 Å². The number of aromatic nitrogens is 3. The Bertz CT molecular complexity index is 971. The van der Waals surface area contributed by atoms with Crippen LogP contribution in [0.3, 0.4) is 0 Å². The predicted octanol–water partition coefficient (Wildman–Crippen LogP) is 3.40. The Morgan fingerprint density at radius 3 is 2.64 bits per heavy atom. The lowest BCUT2D eigenvalue weighted by Gasteiger charge is -2.32. The maximum absolute atomic E-state index is 11.7. The lowest BCUT2D eigenvalue weighted by Crippen LogP contribution is -2.42. The summed E-state index contributed by atoms with van der Waals surface area (Å²) >= 11 is 0.